The molecular formula is C19H22FN3O2. The van der Waals surface area contributed by atoms with E-state index in [1.54, 1.807) is 4.90 Å². The molecule has 2 heterocycles. The fraction of sp³-hybridized carbons (Fsp3) is 0.368. The van der Waals surface area contributed by atoms with Gasteiger partial charge >= 0.3 is 0 Å². The van der Waals surface area contributed by atoms with E-state index in [9.17, 15) is 9.18 Å². The molecule has 3 rings (SSSR count). The third-order valence-electron chi connectivity index (χ3n) is 4.25. The number of rotatable bonds is 3. The minimum absolute atomic E-state index is 0.117. The molecule has 132 valence electrons. The van der Waals surface area contributed by atoms with E-state index >= 15 is 0 Å². The van der Waals surface area contributed by atoms with Crippen molar-refractivity contribution in [3.8, 4) is 0 Å². The molecule has 0 aliphatic carbocycles. The van der Waals surface area contributed by atoms with Crippen molar-refractivity contribution >= 4 is 11.6 Å². The summed E-state index contributed by atoms with van der Waals surface area (Å²) in [6, 6.07) is 9.62. The van der Waals surface area contributed by atoms with E-state index in [1.165, 1.54) is 24.3 Å². The molecule has 0 unspecified atom stereocenters. The summed E-state index contributed by atoms with van der Waals surface area (Å²) >= 11 is 0. The molecule has 0 radical (unpaired) electrons. The normalized spacial score (nSPS) is 17.4. The largest absolute Gasteiger partial charge is 0.378 e. The first-order valence-corrected chi connectivity index (χ1v) is 8.26. The van der Waals surface area contributed by atoms with Gasteiger partial charge in [-0.2, -0.15) is 0 Å². The molecule has 1 amide bonds. The lowest BCUT2D eigenvalue weighted by molar-refractivity contribution is -0.0247. The number of nitrogens with zero attached hydrogens (tertiary/aromatic N) is 3. The average Bonchev–Trinajstić information content (AvgIpc) is 2.61. The van der Waals surface area contributed by atoms with Crippen molar-refractivity contribution in [1.82, 2.24) is 9.88 Å². The Balaban J connectivity index is 1.79. The molecule has 1 aromatic heterocycles. The van der Waals surface area contributed by atoms with E-state index in [0.29, 0.717) is 25.3 Å². The predicted octanol–water partition coefficient (Wildman–Crippen LogP) is 2.81. The SMILES string of the molecule is Cc1cc(N(C)C)cc([C@@H]2CN(C(=O)c3ccc(F)cc3)CCO2)n1. The lowest BCUT2D eigenvalue weighted by atomic mass is 10.1. The summed E-state index contributed by atoms with van der Waals surface area (Å²) in [5.41, 5.74) is 3.26. The van der Waals surface area contributed by atoms with Crippen LogP contribution in [0.5, 0.6) is 0 Å². The summed E-state index contributed by atoms with van der Waals surface area (Å²) in [5, 5.41) is 0. The van der Waals surface area contributed by atoms with Gasteiger partial charge in [-0.3, -0.25) is 9.78 Å². The molecular weight excluding hydrogens is 321 g/mol. The summed E-state index contributed by atoms with van der Waals surface area (Å²) in [7, 11) is 3.95. The second kappa shape index (κ2) is 7.19. The van der Waals surface area contributed by atoms with Gasteiger partial charge in [-0.1, -0.05) is 0 Å². The van der Waals surface area contributed by atoms with Crippen molar-refractivity contribution in [2.24, 2.45) is 0 Å². The highest BCUT2D eigenvalue weighted by Gasteiger charge is 2.27. The van der Waals surface area contributed by atoms with Crippen LogP contribution >= 0.6 is 0 Å². The molecule has 1 aromatic carbocycles. The fourth-order valence-electron chi connectivity index (χ4n) is 2.89. The Bertz CT molecular complexity index is 762. The van der Waals surface area contributed by atoms with Crippen molar-refractivity contribution < 1.29 is 13.9 Å². The molecule has 1 fully saturated rings. The number of halogens is 1. The van der Waals surface area contributed by atoms with Crippen LogP contribution in [0.4, 0.5) is 10.1 Å². The van der Waals surface area contributed by atoms with Crippen molar-refractivity contribution in [1.29, 1.82) is 0 Å². The zero-order valence-electron chi connectivity index (χ0n) is 14.7. The van der Waals surface area contributed by atoms with Crippen LogP contribution in [0.1, 0.15) is 27.8 Å². The van der Waals surface area contributed by atoms with Gasteiger partial charge in [0.1, 0.15) is 11.9 Å². The second-order valence-corrected chi connectivity index (χ2v) is 6.40. The third kappa shape index (κ3) is 3.96. The first kappa shape index (κ1) is 17.4. The van der Waals surface area contributed by atoms with Crippen molar-refractivity contribution in [2.45, 2.75) is 13.0 Å². The maximum Gasteiger partial charge on any atom is 0.254 e. The maximum absolute atomic E-state index is 13.1. The van der Waals surface area contributed by atoms with E-state index in [-0.39, 0.29) is 17.8 Å². The lowest BCUT2D eigenvalue weighted by Crippen LogP contribution is -2.42. The number of aromatic nitrogens is 1. The summed E-state index contributed by atoms with van der Waals surface area (Å²) in [5.74, 6) is -0.467. The molecule has 1 saturated heterocycles. The van der Waals surface area contributed by atoms with Crippen LogP contribution in [0.25, 0.3) is 0 Å². The topological polar surface area (TPSA) is 45.7 Å². The molecule has 1 aliphatic heterocycles. The molecule has 5 nitrogen and oxygen atoms in total. The zero-order chi connectivity index (χ0) is 18.0. The number of carbonyl (C=O) groups is 1. The summed E-state index contributed by atoms with van der Waals surface area (Å²) in [6.45, 7) is 3.34. The van der Waals surface area contributed by atoms with Gasteiger partial charge in [0.05, 0.1) is 18.8 Å². The third-order valence-corrected chi connectivity index (χ3v) is 4.25. The first-order chi connectivity index (χ1) is 11.9. The number of hydrogen-bond acceptors (Lipinski definition) is 4. The number of anilines is 1. The summed E-state index contributed by atoms with van der Waals surface area (Å²) < 4.78 is 18.9. The lowest BCUT2D eigenvalue weighted by Gasteiger charge is -2.33. The van der Waals surface area contributed by atoms with Gasteiger partial charge in [-0.05, 0) is 43.3 Å². The molecule has 1 aliphatic rings. The minimum atomic E-state index is -0.350. The Morgan fingerprint density at radius 1 is 1.28 bits per heavy atom. The first-order valence-electron chi connectivity index (χ1n) is 8.26. The highest BCUT2D eigenvalue weighted by molar-refractivity contribution is 5.94. The van der Waals surface area contributed by atoms with Crippen LogP contribution in [-0.4, -0.2) is 49.6 Å². The number of aryl methyl sites for hydroxylation is 1. The van der Waals surface area contributed by atoms with Crippen molar-refractivity contribution in [2.75, 3.05) is 38.7 Å². The standard InChI is InChI=1S/C19H22FN3O2/c1-13-10-16(22(2)3)11-17(21-13)18-12-23(8-9-25-18)19(24)14-4-6-15(20)7-5-14/h4-7,10-11,18H,8-9,12H2,1-3H3/t18-/m0/s1. The van der Waals surface area contributed by atoms with Crippen LogP contribution < -0.4 is 4.90 Å². The molecule has 0 bridgehead atoms. The average molecular weight is 343 g/mol. The number of morpholine rings is 1. The van der Waals surface area contributed by atoms with Crippen molar-refractivity contribution in [3.05, 3.63) is 59.2 Å². The molecule has 1 atom stereocenters. The van der Waals surface area contributed by atoms with Crippen LogP contribution in [0, 0.1) is 12.7 Å². The van der Waals surface area contributed by atoms with Gasteiger partial charge in [-0.25, -0.2) is 4.39 Å². The second-order valence-electron chi connectivity index (χ2n) is 6.40. The van der Waals surface area contributed by atoms with E-state index in [0.717, 1.165) is 17.1 Å². The van der Waals surface area contributed by atoms with Crippen molar-refractivity contribution in [3.63, 3.8) is 0 Å². The predicted molar refractivity (Wildman–Crippen MR) is 94.3 cm³/mol. The van der Waals surface area contributed by atoms with Gasteiger partial charge in [0.25, 0.3) is 5.91 Å². The quantitative estimate of drug-likeness (QED) is 0.860. The van der Waals surface area contributed by atoms with E-state index < -0.39 is 0 Å². The van der Waals surface area contributed by atoms with Crippen LogP contribution in [-0.2, 0) is 4.74 Å². The van der Waals surface area contributed by atoms with Crippen LogP contribution in [0.15, 0.2) is 36.4 Å². The monoisotopic (exact) mass is 343 g/mol. The summed E-state index contributed by atoms with van der Waals surface area (Å²) in [4.78, 5) is 21.0. The van der Waals surface area contributed by atoms with Gasteiger partial charge in [-0.15, -0.1) is 0 Å². The Labute approximate surface area is 147 Å². The van der Waals surface area contributed by atoms with E-state index in [1.807, 2.05) is 38.1 Å². The minimum Gasteiger partial charge on any atom is -0.378 e. The van der Waals surface area contributed by atoms with Gasteiger partial charge < -0.3 is 14.5 Å². The molecule has 0 spiro atoms. The van der Waals surface area contributed by atoms with Crippen LogP contribution in [0.2, 0.25) is 0 Å². The maximum atomic E-state index is 13.1. The smallest absolute Gasteiger partial charge is 0.254 e. The molecule has 2 aromatic rings. The Hall–Kier alpha value is -2.47. The summed E-state index contributed by atoms with van der Waals surface area (Å²) in [6.07, 6.45) is -0.267. The highest BCUT2D eigenvalue weighted by Crippen LogP contribution is 2.25. The van der Waals surface area contributed by atoms with Crippen LogP contribution in [0.3, 0.4) is 0 Å². The van der Waals surface area contributed by atoms with Gasteiger partial charge in [0, 0.05) is 37.6 Å². The molecule has 0 N–H and O–H groups in total. The number of pyridine rings is 1. The van der Waals surface area contributed by atoms with E-state index in [2.05, 4.69) is 4.98 Å². The van der Waals surface area contributed by atoms with Gasteiger partial charge in [0.2, 0.25) is 0 Å². The molecule has 0 saturated carbocycles. The number of amides is 1. The molecule has 25 heavy (non-hydrogen) atoms. The Kier molecular flexibility index (Phi) is 4.99. The number of benzene rings is 1. The highest BCUT2D eigenvalue weighted by atomic mass is 19.1. The number of carbonyl (C=O) groups excluding carboxylic acids is 1. The number of ether oxygens (including phenoxy) is 1. The van der Waals surface area contributed by atoms with E-state index in [4.69, 9.17) is 4.74 Å². The Morgan fingerprint density at radius 3 is 2.68 bits per heavy atom. The van der Waals surface area contributed by atoms with Gasteiger partial charge in [0.15, 0.2) is 0 Å². The molecule has 6 heteroatoms. The number of hydrogen-bond donors (Lipinski definition) is 0. The zero-order valence-corrected chi connectivity index (χ0v) is 14.7. The fourth-order valence-corrected chi connectivity index (χ4v) is 2.89. The Morgan fingerprint density at radius 2 is 2.00 bits per heavy atom.